The Morgan fingerprint density at radius 3 is 2.95 bits per heavy atom. The Bertz CT molecular complexity index is 483. The first-order valence-corrected chi connectivity index (χ1v) is 8.76. The molecule has 0 aromatic carbocycles. The number of aliphatic hydroxyl groups excluding tert-OH is 1. The van der Waals surface area contributed by atoms with Gasteiger partial charge in [-0.15, -0.1) is 35.3 Å². The van der Waals surface area contributed by atoms with Gasteiger partial charge in [0, 0.05) is 24.5 Å². The van der Waals surface area contributed by atoms with Crippen molar-refractivity contribution in [2.75, 3.05) is 26.2 Å². The third-order valence-corrected chi connectivity index (χ3v) is 4.96. The van der Waals surface area contributed by atoms with E-state index in [0.29, 0.717) is 16.8 Å². The van der Waals surface area contributed by atoms with E-state index < -0.39 is 6.10 Å². The van der Waals surface area contributed by atoms with Gasteiger partial charge in [-0.25, -0.2) is 0 Å². The second-order valence-corrected chi connectivity index (χ2v) is 7.29. The number of piperidine rings is 1. The molecular weight excluding hydrogens is 433 g/mol. The standard InChI is InChI=1S/C15H24ClN3OS.HI/c1-3-17-15(19-8-4-5-11(2)10-19)18-9-12(20)13-6-7-14(16)21-13;/h6-7,11-12,20H,3-5,8-10H2,1-2H3,(H,17,18);1H. The lowest BCUT2D eigenvalue weighted by Gasteiger charge is -2.33. The molecule has 1 fully saturated rings. The fourth-order valence-corrected chi connectivity index (χ4v) is 3.62. The van der Waals surface area contributed by atoms with Crippen LogP contribution < -0.4 is 5.32 Å². The first-order valence-electron chi connectivity index (χ1n) is 7.56. The highest BCUT2D eigenvalue weighted by Crippen LogP contribution is 2.27. The minimum absolute atomic E-state index is 0. The average molecular weight is 458 g/mol. The Hall–Kier alpha value is -0.0500. The number of aliphatic imine (C=N–C) groups is 1. The molecule has 0 spiro atoms. The molecule has 4 nitrogen and oxygen atoms in total. The van der Waals surface area contributed by atoms with Gasteiger partial charge in [-0.3, -0.25) is 4.99 Å². The fourth-order valence-electron chi connectivity index (χ4n) is 2.58. The van der Waals surface area contributed by atoms with Gasteiger partial charge >= 0.3 is 0 Å². The Balaban J connectivity index is 0.00000242. The number of guanidine groups is 1. The summed E-state index contributed by atoms with van der Waals surface area (Å²) in [5.74, 6) is 1.61. The van der Waals surface area contributed by atoms with Crippen LogP contribution in [0, 0.1) is 5.92 Å². The minimum atomic E-state index is -0.585. The third kappa shape index (κ3) is 5.86. The maximum atomic E-state index is 10.2. The number of aliphatic hydroxyl groups is 1. The van der Waals surface area contributed by atoms with Crippen LogP contribution in [0.15, 0.2) is 17.1 Å². The van der Waals surface area contributed by atoms with Crippen LogP contribution in [0.2, 0.25) is 4.34 Å². The van der Waals surface area contributed by atoms with Crippen LogP contribution in [0.4, 0.5) is 0 Å². The van der Waals surface area contributed by atoms with Gasteiger partial charge in [-0.05, 0) is 37.8 Å². The number of nitrogens with zero attached hydrogens (tertiary/aromatic N) is 2. The van der Waals surface area contributed by atoms with E-state index in [0.717, 1.165) is 30.5 Å². The summed E-state index contributed by atoms with van der Waals surface area (Å²) in [5, 5.41) is 13.5. The average Bonchev–Trinajstić information content (AvgIpc) is 2.90. The van der Waals surface area contributed by atoms with Crippen LogP contribution in [0.25, 0.3) is 0 Å². The largest absolute Gasteiger partial charge is 0.386 e. The summed E-state index contributed by atoms with van der Waals surface area (Å²) in [4.78, 5) is 7.77. The third-order valence-electron chi connectivity index (χ3n) is 3.63. The van der Waals surface area contributed by atoms with Crippen LogP contribution in [-0.4, -0.2) is 42.1 Å². The number of halogens is 2. The number of rotatable bonds is 4. The lowest BCUT2D eigenvalue weighted by atomic mass is 10.0. The lowest BCUT2D eigenvalue weighted by molar-refractivity contribution is 0.189. The lowest BCUT2D eigenvalue weighted by Crippen LogP contribution is -2.46. The molecule has 126 valence electrons. The maximum Gasteiger partial charge on any atom is 0.194 e. The molecule has 7 heteroatoms. The summed E-state index contributed by atoms with van der Waals surface area (Å²) in [6.45, 7) is 7.62. The second-order valence-electron chi connectivity index (χ2n) is 5.55. The molecule has 1 aliphatic heterocycles. The van der Waals surface area contributed by atoms with Crippen LogP contribution in [0.5, 0.6) is 0 Å². The zero-order valence-electron chi connectivity index (χ0n) is 13.1. The van der Waals surface area contributed by atoms with Crippen LogP contribution in [0.1, 0.15) is 37.7 Å². The number of hydrogen-bond donors (Lipinski definition) is 2. The highest BCUT2D eigenvalue weighted by molar-refractivity contribution is 14.0. The predicted molar refractivity (Wildman–Crippen MR) is 106 cm³/mol. The highest BCUT2D eigenvalue weighted by Gasteiger charge is 2.19. The smallest absolute Gasteiger partial charge is 0.194 e. The van der Waals surface area contributed by atoms with E-state index in [2.05, 4.69) is 29.1 Å². The molecule has 0 bridgehead atoms. The van der Waals surface area contributed by atoms with E-state index in [9.17, 15) is 5.11 Å². The second kappa shape index (κ2) is 9.95. The van der Waals surface area contributed by atoms with Gasteiger partial charge in [0.25, 0.3) is 0 Å². The molecule has 0 aliphatic carbocycles. The molecule has 22 heavy (non-hydrogen) atoms. The van der Waals surface area contributed by atoms with E-state index in [1.54, 1.807) is 0 Å². The van der Waals surface area contributed by atoms with Gasteiger partial charge in [0.05, 0.1) is 10.9 Å². The molecule has 0 radical (unpaired) electrons. The zero-order valence-corrected chi connectivity index (χ0v) is 17.0. The highest BCUT2D eigenvalue weighted by atomic mass is 127. The van der Waals surface area contributed by atoms with Crippen LogP contribution in [0.3, 0.4) is 0 Å². The first kappa shape index (κ1) is 20.0. The van der Waals surface area contributed by atoms with Crippen molar-refractivity contribution < 1.29 is 5.11 Å². The van der Waals surface area contributed by atoms with Crippen molar-refractivity contribution in [3.63, 3.8) is 0 Å². The number of thiophene rings is 1. The van der Waals surface area contributed by atoms with E-state index in [1.807, 2.05) is 12.1 Å². The zero-order chi connectivity index (χ0) is 15.2. The maximum absolute atomic E-state index is 10.2. The molecule has 0 amide bonds. The van der Waals surface area contributed by atoms with Crippen LogP contribution >= 0.6 is 46.9 Å². The van der Waals surface area contributed by atoms with Crippen molar-refractivity contribution in [2.24, 2.45) is 10.9 Å². The summed E-state index contributed by atoms with van der Waals surface area (Å²) in [5.41, 5.74) is 0. The quantitative estimate of drug-likeness (QED) is 0.411. The summed E-state index contributed by atoms with van der Waals surface area (Å²) in [6.07, 6.45) is 1.90. The Labute approximate surface area is 159 Å². The monoisotopic (exact) mass is 457 g/mol. The number of likely N-dealkylation sites (tertiary alicyclic amines) is 1. The molecule has 2 rings (SSSR count). The molecule has 0 saturated carbocycles. The van der Waals surface area contributed by atoms with Crippen molar-refractivity contribution in [3.05, 3.63) is 21.3 Å². The minimum Gasteiger partial charge on any atom is -0.386 e. The Morgan fingerprint density at radius 2 is 2.36 bits per heavy atom. The fraction of sp³-hybridized carbons (Fsp3) is 0.667. The van der Waals surface area contributed by atoms with Gasteiger partial charge in [-0.1, -0.05) is 18.5 Å². The summed E-state index contributed by atoms with van der Waals surface area (Å²) in [6, 6.07) is 3.68. The van der Waals surface area contributed by atoms with Crippen molar-refractivity contribution in [1.82, 2.24) is 10.2 Å². The Morgan fingerprint density at radius 1 is 1.59 bits per heavy atom. The van der Waals surface area contributed by atoms with Crippen LogP contribution in [-0.2, 0) is 0 Å². The Kier molecular flexibility index (Phi) is 9.04. The molecule has 2 atom stereocenters. The summed E-state index contributed by atoms with van der Waals surface area (Å²) < 4.78 is 0.699. The molecule has 2 unspecified atom stereocenters. The predicted octanol–water partition coefficient (Wildman–Crippen LogP) is 3.75. The van der Waals surface area contributed by atoms with Gasteiger partial charge in [-0.2, -0.15) is 0 Å². The van der Waals surface area contributed by atoms with Gasteiger partial charge in [0.15, 0.2) is 5.96 Å². The van der Waals surface area contributed by atoms with Crippen molar-refractivity contribution in [1.29, 1.82) is 0 Å². The van der Waals surface area contributed by atoms with Gasteiger partial charge in [0.2, 0.25) is 0 Å². The molecule has 1 aromatic heterocycles. The van der Waals surface area contributed by atoms with E-state index in [1.165, 1.54) is 24.2 Å². The van der Waals surface area contributed by atoms with Crippen molar-refractivity contribution >= 4 is 52.9 Å². The van der Waals surface area contributed by atoms with E-state index >= 15 is 0 Å². The number of hydrogen-bond acceptors (Lipinski definition) is 3. The molecular formula is C15H25ClIN3OS. The molecule has 1 aromatic rings. The van der Waals surface area contributed by atoms with Gasteiger partial charge in [0.1, 0.15) is 6.10 Å². The van der Waals surface area contributed by atoms with Crippen molar-refractivity contribution in [2.45, 2.75) is 32.8 Å². The molecule has 2 heterocycles. The SMILES string of the molecule is CCNC(=NCC(O)c1ccc(Cl)s1)N1CCCC(C)C1.I. The van der Waals surface area contributed by atoms with E-state index in [4.69, 9.17) is 11.6 Å². The summed E-state index contributed by atoms with van der Waals surface area (Å²) in [7, 11) is 0. The molecule has 2 N–H and O–H groups in total. The van der Waals surface area contributed by atoms with E-state index in [-0.39, 0.29) is 24.0 Å². The molecule has 1 aliphatic rings. The van der Waals surface area contributed by atoms with Crippen molar-refractivity contribution in [3.8, 4) is 0 Å². The molecule has 1 saturated heterocycles. The normalized spacial score (nSPS) is 20.5. The topological polar surface area (TPSA) is 47.9 Å². The first-order chi connectivity index (χ1) is 10.1. The summed E-state index contributed by atoms with van der Waals surface area (Å²) >= 11 is 7.31. The number of nitrogens with one attached hydrogen (secondary N) is 1. The van der Waals surface area contributed by atoms with Gasteiger partial charge < -0.3 is 15.3 Å².